The number of carbonyl (C=O) groups excluding carboxylic acids is 2. The lowest BCUT2D eigenvalue weighted by molar-refractivity contribution is -0.120. The molecule has 0 bridgehead atoms. The van der Waals surface area contributed by atoms with E-state index in [2.05, 4.69) is 5.32 Å². The van der Waals surface area contributed by atoms with E-state index in [0.717, 1.165) is 5.69 Å². The van der Waals surface area contributed by atoms with E-state index in [9.17, 15) is 9.59 Å². The topological polar surface area (TPSA) is 54.3 Å². The van der Waals surface area contributed by atoms with Crippen LogP contribution in [0.3, 0.4) is 0 Å². The molecular weight excluding hydrogens is 266 g/mol. The number of rotatable bonds is 2. The van der Waals surface area contributed by atoms with Gasteiger partial charge in [-0.2, -0.15) is 0 Å². The maximum Gasteiger partial charge on any atom is 0.254 e. The van der Waals surface area contributed by atoms with Crippen molar-refractivity contribution in [3.8, 4) is 5.69 Å². The molecule has 2 heterocycles. The number of aromatic nitrogens is 1. The highest BCUT2D eigenvalue weighted by atomic mass is 16.2. The molecular formula is C16H17N3O2. The first kappa shape index (κ1) is 13.4. The zero-order chi connectivity index (χ0) is 14.7. The number of carbonyl (C=O) groups is 2. The van der Waals surface area contributed by atoms with Crippen molar-refractivity contribution >= 4 is 11.8 Å². The highest BCUT2D eigenvalue weighted by molar-refractivity contribution is 5.95. The Morgan fingerprint density at radius 2 is 1.90 bits per heavy atom. The van der Waals surface area contributed by atoms with Gasteiger partial charge in [0.25, 0.3) is 5.91 Å². The zero-order valence-electron chi connectivity index (χ0n) is 11.7. The van der Waals surface area contributed by atoms with Crippen LogP contribution in [-0.2, 0) is 4.79 Å². The summed E-state index contributed by atoms with van der Waals surface area (Å²) in [5.74, 6) is -0.0214. The Hall–Kier alpha value is -2.56. The summed E-state index contributed by atoms with van der Waals surface area (Å²) in [5.41, 5.74) is 1.60. The van der Waals surface area contributed by atoms with Gasteiger partial charge in [-0.25, -0.2) is 0 Å². The average Bonchev–Trinajstić information content (AvgIpc) is 2.96. The molecule has 5 heteroatoms. The van der Waals surface area contributed by atoms with Gasteiger partial charge in [-0.05, 0) is 30.3 Å². The zero-order valence-corrected chi connectivity index (χ0v) is 11.7. The predicted octanol–water partition coefficient (Wildman–Crippen LogP) is 1.44. The molecule has 108 valence electrons. The summed E-state index contributed by atoms with van der Waals surface area (Å²) in [4.78, 5) is 25.6. The lowest BCUT2D eigenvalue weighted by atomic mass is 10.1. The first-order valence-corrected chi connectivity index (χ1v) is 7.03. The Morgan fingerprint density at radius 3 is 2.71 bits per heavy atom. The normalized spacial score (nSPS) is 15.4. The van der Waals surface area contributed by atoms with E-state index in [1.54, 1.807) is 4.90 Å². The fraction of sp³-hybridized carbons (Fsp3) is 0.250. The van der Waals surface area contributed by atoms with E-state index in [4.69, 9.17) is 0 Å². The largest absolute Gasteiger partial charge is 0.354 e. The van der Waals surface area contributed by atoms with Crippen LogP contribution in [0.2, 0.25) is 0 Å². The van der Waals surface area contributed by atoms with Crippen LogP contribution < -0.4 is 5.32 Å². The molecule has 1 aromatic carbocycles. The van der Waals surface area contributed by atoms with Crippen molar-refractivity contribution in [3.63, 3.8) is 0 Å². The second kappa shape index (κ2) is 5.83. The minimum Gasteiger partial charge on any atom is -0.354 e. The SMILES string of the molecule is O=C1CCN(C(=O)c2cccc(-n3cccc3)c2)CCN1. The Balaban J connectivity index is 1.81. The van der Waals surface area contributed by atoms with Gasteiger partial charge in [-0.15, -0.1) is 0 Å². The quantitative estimate of drug-likeness (QED) is 0.906. The minimum atomic E-state index is -0.0273. The molecule has 5 nitrogen and oxygen atoms in total. The Labute approximate surface area is 123 Å². The van der Waals surface area contributed by atoms with Gasteiger partial charge in [0.05, 0.1) is 0 Å². The molecule has 0 spiro atoms. The summed E-state index contributed by atoms with van der Waals surface area (Å²) < 4.78 is 1.96. The van der Waals surface area contributed by atoms with E-state index in [1.807, 2.05) is 53.4 Å². The monoisotopic (exact) mass is 283 g/mol. The summed E-state index contributed by atoms with van der Waals surface area (Å²) in [6, 6.07) is 11.4. The summed E-state index contributed by atoms with van der Waals surface area (Å²) in [5, 5.41) is 2.78. The molecule has 1 aromatic heterocycles. The second-order valence-electron chi connectivity index (χ2n) is 5.03. The second-order valence-corrected chi connectivity index (χ2v) is 5.03. The molecule has 0 radical (unpaired) electrons. The number of benzene rings is 1. The van der Waals surface area contributed by atoms with E-state index in [1.165, 1.54) is 0 Å². The molecule has 0 saturated carbocycles. The number of hydrogen-bond donors (Lipinski definition) is 1. The van der Waals surface area contributed by atoms with Crippen molar-refractivity contribution in [2.45, 2.75) is 6.42 Å². The lowest BCUT2D eigenvalue weighted by Crippen LogP contribution is -2.34. The van der Waals surface area contributed by atoms with Crippen molar-refractivity contribution in [2.24, 2.45) is 0 Å². The van der Waals surface area contributed by atoms with Gasteiger partial charge < -0.3 is 14.8 Å². The van der Waals surface area contributed by atoms with E-state index < -0.39 is 0 Å². The molecule has 1 fully saturated rings. The van der Waals surface area contributed by atoms with Crippen LogP contribution in [0, 0.1) is 0 Å². The molecule has 3 rings (SSSR count). The third-order valence-corrected chi connectivity index (χ3v) is 3.60. The maximum absolute atomic E-state index is 12.6. The summed E-state index contributed by atoms with van der Waals surface area (Å²) in [6.07, 6.45) is 4.25. The van der Waals surface area contributed by atoms with Gasteiger partial charge in [0.1, 0.15) is 0 Å². The van der Waals surface area contributed by atoms with Crippen LogP contribution >= 0.6 is 0 Å². The van der Waals surface area contributed by atoms with Crippen molar-refractivity contribution in [2.75, 3.05) is 19.6 Å². The molecule has 0 atom stereocenters. The molecule has 1 saturated heterocycles. The van der Waals surface area contributed by atoms with Gasteiger partial charge in [-0.1, -0.05) is 6.07 Å². The third kappa shape index (κ3) is 2.97. The van der Waals surface area contributed by atoms with Gasteiger partial charge in [0, 0.05) is 49.7 Å². The molecule has 0 aliphatic carbocycles. The summed E-state index contributed by atoms with van der Waals surface area (Å²) in [7, 11) is 0. The third-order valence-electron chi connectivity index (χ3n) is 3.60. The highest BCUT2D eigenvalue weighted by Gasteiger charge is 2.19. The first-order valence-electron chi connectivity index (χ1n) is 7.03. The average molecular weight is 283 g/mol. The molecule has 2 amide bonds. The Morgan fingerprint density at radius 1 is 1.10 bits per heavy atom. The fourth-order valence-corrected chi connectivity index (χ4v) is 2.46. The van der Waals surface area contributed by atoms with Crippen molar-refractivity contribution < 1.29 is 9.59 Å². The standard InChI is InChI=1S/C16H17N3O2/c20-15-6-10-19(11-7-17-15)16(21)13-4-3-5-14(12-13)18-8-1-2-9-18/h1-5,8-9,12H,6-7,10-11H2,(H,17,20). The van der Waals surface area contributed by atoms with Crippen molar-refractivity contribution in [3.05, 3.63) is 54.4 Å². The van der Waals surface area contributed by atoms with Crippen LogP contribution in [0.1, 0.15) is 16.8 Å². The maximum atomic E-state index is 12.6. The van der Waals surface area contributed by atoms with Crippen molar-refractivity contribution in [1.82, 2.24) is 14.8 Å². The molecule has 2 aromatic rings. The highest BCUT2D eigenvalue weighted by Crippen LogP contribution is 2.13. The Bertz CT molecular complexity index is 649. The predicted molar refractivity (Wildman–Crippen MR) is 79.3 cm³/mol. The fourth-order valence-electron chi connectivity index (χ4n) is 2.46. The van der Waals surface area contributed by atoms with Crippen molar-refractivity contribution in [1.29, 1.82) is 0 Å². The molecule has 0 unspecified atom stereocenters. The molecule has 1 N–H and O–H groups in total. The van der Waals surface area contributed by atoms with Crippen LogP contribution in [0.5, 0.6) is 0 Å². The van der Waals surface area contributed by atoms with Gasteiger partial charge in [-0.3, -0.25) is 9.59 Å². The van der Waals surface area contributed by atoms with E-state index >= 15 is 0 Å². The number of amides is 2. The summed E-state index contributed by atoms with van der Waals surface area (Å²) in [6.45, 7) is 1.54. The van der Waals surface area contributed by atoms with Crippen LogP contribution in [0.15, 0.2) is 48.8 Å². The Kier molecular flexibility index (Phi) is 3.73. The van der Waals surface area contributed by atoms with Gasteiger partial charge in [0.2, 0.25) is 5.91 Å². The molecule has 1 aliphatic heterocycles. The molecule has 1 aliphatic rings. The number of nitrogens with one attached hydrogen (secondary N) is 1. The molecule has 21 heavy (non-hydrogen) atoms. The smallest absolute Gasteiger partial charge is 0.254 e. The van der Waals surface area contributed by atoms with Gasteiger partial charge >= 0.3 is 0 Å². The lowest BCUT2D eigenvalue weighted by Gasteiger charge is -2.19. The minimum absolute atomic E-state index is 0.00592. The van der Waals surface area contributed by atoms with Crippen LogP contribution in [0.4, 0.5) is 0 Å². The van der Waals surface area contributed by atoms with Crippen LogP contribution in [0.25, 0.3) is 5.69 Å². The summed E-state index contributed by atoms with van der Waals surface area (Å²) >= 11 is 0. The van der Waals surface area contributed by atoms with E-state index in [-0.39, 0.29) is 11.8 Å². The van der Waals surface area contributed by atoms with Crippen LogP contribution in [-0.4, -0.2) is 40.9 Å². The number of hydrogen-bond acceptors (Lipinski definition) is 2. The van der Waals surface area contributed by atoms with Gasteiger partial charge in [0.15, 0.2) is 0 Å². The van der Waals surface area contributed by atoms with E-state index in [0.29, 0.717) is 31.6 Å². The first-order chi connectivity index (χ1) is 10.2. The number of nitrogens with zero attached hydrogens (tertiary/aromatic N) is 2.